The van der Waals surface area contributed by atoms with E-state index in [0.29, 0.717) is 18.8 Å². The molecule has 2 aromatic heterocycles. The SMILES string of the molecule is NCC(=O)NCc1cn(CCn2cccn2)nn1. The third-order valence-corrected chi connectivity index (χ3v) is 2.36. The number of aromatic nitrogens is 5. The molecule has 0 bridgehead atoms. The van der Waals surface area contributed by atoms with Crippen molar-refractivity contribution in [2.45, 2.75) is 19.6 Å². The van der Waals surface area contributed by atoms with Gasteiger partial charge in [-0.3, -0.25) is 14.2 Å². The molecule has 0 aromatic carbocycles. The van der Waals surface area contributed by atoms with Gasteiger partial charge in [0.05, 0.1) is 32.4 Å². The maximum absolute atomic E-state index is 11.0. The maximum atomic E-state index is 11.0. The van der Waals surface area contributed by atoms with Gasteiger partial charge in [-0.1, -0.05) is 5.21 Å². The Balaban J connectivity index is 1.80. The monoisotopic (exact) mass is 249 g/mol. The molecule has 0 aliphatic rings. The number of nitrogens with one attached hydrogen (secondary N) is 1. The van der Waals surface area contributed by atoms with E-state index in [1.165, 1.54) is 0 Å². The lowest BCUT2D eigenvalue weighted by atomic mass is 10.4. The van der Waals surface area contributed by atoms with Crippen LogP contribution in [-0.2, 0) is 24.4 Å². The Hall–Kier alpha value is -2.22. The van der Waals surface area contributed by atoms with Crippen molar-refractivity contribution in [1.82, 2.24) is 30.1 Å². The van der Waals surface area contributed by atoms with E-state index >= 15 is 0 Å². The molecule has 0 saturated carbocycles. The van der Waals surface area contributed by atoms with E-state index in [4.69, 9.17) is 5.73 Å². The zero-order chi connectivity index (χ0) is 12.8. The van der Waals surface area contributed by atoms with E-state index in [2.05, 4.69) is 20.7 Å². The van der Waals surface area contributed by atoms with Gasteiger partial charge in [-0.25, -0.2) is 0 Å². The minimum atomic E-state index is -0.207. The summed E-state index contributed by atoms with van der Waals surface area (Å²) in [5.41, 5.74) is 5.89. The van der Waals surface area contributed by atoms with Crippen LogP contribution in [0.5, 0.6) is 0 Å². The Bertz CT molecular complexity index is 490. The molecular weight excluding hydrogens is 234 g/mol. The van der Waals surface area contributed by atoms with E-state index in [1.54, 1.807) is 17.1 Å². The summed E-state index contributed by atoms with van der Waals surface area (Å²) in [4.78, 5) is 11.0. The largest absolute Gasteiger partial charge is 0.349 e. The van der Waals surface area contributed by atoms with Gasteiger partial charge >= 0.3 is 0 Å². The molecule has 18 heavy (non-hydrogen) atoms. The van der Waals surface area contributed by atoms with Crippen molar-refractivity contribution in [2.75, 3.05) is 6.54 Å². The van der Waals surface area contributed by atoms with E-state index < -0.39 is 0 Å². The highest BCUT2D eigenvalue weighted by Crippen LogP contribution is 1.94. The average Bonchev–Trinajstić information content (AvgIpc) is 3.04. The van der Waals surface area contributed by atoms with Gasteiger partial charge in [0.15, 0.2) is 0 Å². The van der Waals surface area contributed by atoms with Crippen LogP contribution in [0.15, 0.2) is 24.7 Å². The summed E-state index contributed by atoms with van der Waals surface area (Å²) in [6, 6.07) is 1.87. The van der Waals surface area contributed by atoms with Gasteiger partial charge in [0.1, 0.15) is 5.69 Å². The fourth-order valence-corrected chi connectivity index (χ4v) is 1.43. The van der Waals surface area contributed by atoms with Gasteiger partial charge in [0, 0.05) is 12.4 Å². The normalized spacial score (nSPS) is 10.5. The fourth-order valence-electron chi connectivity index (χ4n) is 1.43. The molecule has 0 fully saturated rings. The maximum Gasteiger partial charge on any atom is 0.234 e. The molecule has 0 aliphatic heterocycles. The van der Waals surface area contributed by atoms with Gasteiger partial charge in [-0.2, -0.15) is 5.10 Å². The quantitative estimate of drug-likeness (QED) is 0.665. The van der Waals surface area contributed by atoms with Gasteiger partial charge in [-0.15, -0.1) is 5.10 Å². The summed E-state index contributed by atoms with van der Waals surface area (Å²) >= 11 is 0. The first-order chi connectivity index (χ1) is 8.78. The average molecular weight is 249 g/mol. The minimum Gasteiger partial charge on any atom is -0.349 e. The molecule has 0 saturated heterocycles. The molecule has 0 aliphatic carbocycles. The predicted molar refractivity (Wildman–Crippen MR) is 63.2 cm³/mol. The number of hydrogen-bond donors (Lipinski definition) is 2. The fraction of sp³-hybridized carbons (Fsp3) is 0.400. The van der Waals surface area contributed by atoms with Crippen LogP contribution in [0.2, 0.25) is 0 Å². The summed E-state index contributed by atoms with van der Waals surface area (Å²) in [6.07, 6.45) is 5.41. The molecule has 2 heterocycles. The number of nitrogens with zero attached hydrogens (tertiary/aromatic N) is 5. The zero-order valence-corrected chi connectivity index (χ0v) is 9.86. The lowest BCUT2D eigenvalue weighted by Gasteiger charge is -2.00. The number of carbonyl (C=O) groups excluding carboxylic acids is 1. The van der Waals surface area contributed by atoms with Gasteiger partial charge < -0.3 is 11.1 Å². The highest BCUT2D eigenvalue weighted by Gasteiger charge is 2.03. The molecule has 96 valence electrons. The zero-order valence-electron chi connectivity index (χ0n) is 9.86. The second kappa shape index (κ2) is 5.92. The number of carbonyl (C=O) groups is 1. The first kappa shape index (κ1) is 12.2. The number of aryl methyl sites for hydroxylation is 2. The Morgan fingerprint density at radius 1 is 1.39 bits per heavy atom. The Morgan fingerprint density at radius 2 is 2.22 bits per heavy atom. The van der Waals surface area contributed by atoms with Crippen molar-refractivity contribution in [3.8, 4) is 0 Å². The third kappa shape index (κ3) is 3.39. The molecule has 0 spiro atoms. The van der Waals surface area contributed by atoms with E-state index in [9.17, 15) is 4.79 Å². The summed E-state index contributed by atoms with van der Waals surface area (Å²) in [5, 5.41) is 14.6. The van der Waals surface area contributed by atoms with Crippen molar-refractivity contribution in [1.29, 1.82) is 0 Å². The second-order valence-corrected chi connectivity index (χ2v) is 3.72. The molecule has 3 N–H and O–H groups in total. The van der Waals surface area contributed by atoms with Gasteiger partial charge in [0.25, 0.3) is 0 Å². The molecule has 0 radical (unpaired) electrons. The molecule has 1 amide bonds. The number of hydrogen-bond acceptors (Lipinski definition) is 5. The number of nitrogens with two attached hydrogens (primary N) is 1. The standard InChI is InChI=1S/C10H15N7O/c11-6-10(18)12-7-9-8-17(15-14-9)5-4-16-3-1-2-13-16/h1-3,8H,4-7,11H2,(H,12,18). The summed E-state index contributed by atoms with van der Waals surface area (Å²) in [6.45, 7) is 1.73. The molecule has 2 rings (SSSR count). The van der Waals surface area contributed by atoms with Crippen LogP contribution >= 0.6 is 0 Å². The van der Waals surface area contributed by atoms with E-state index in [-0.39, 0.29) is 12.5 Å². The van der Waals surface area contributed by atoms with Crippen LogP contribution in [-0.4, -0.2) is 37.2 Å². The van der Waals surface area contributed by atoms with Crippen LogP contribution in [0.25, 0.3) is 0 Å². The number of rotatable bonds is 6. The predicted octanol–water partition coefficient (Wildman–Crippen LogP) is -1.25. The first-order valence-corrected chi connectivity index (χ1v) is 5.61. The smallest absolute Gasteiger partial charge is 0.234 e. The van der Waals surface area contributed by atoms with Crippen LogP contribution in [0.1, 0.15) is 5.69 Å². The van der Waals surface area contributed by atoms with Crippen molar-refractivity contribution in [3.05, 3.63) is 30.4 Å². The molecule has 8 heteroatoms. The summed E-state index contributed by atoms with van der Waals surface area (Å²) in [7, 11) is 0. The molecule has 2 aromatic rings. The summed E-state index contributed by atoms with van der Waals surface area (Å²) < 4.78 is 3.53. The lowest BCUT2D eigenvalue weighted by molar-refractivity contribution is -0.119. The van der Waals surface area contributed by atoms with Crippen molar-refractivity contribution in [3.63, 3.8) is 0 Å². The Labute approximate surface area is 104 Å². The number of amides is 1. The van der Waals surface area contributed by atoms with Crippen molar-refractivity contribution >= 4 is 5.91 Å². The topological polar surface area (TPSA) is 104 Å². The third-order valence-electron chi connectivity index (χ3n) is 2.36. The van der Waals surface area contributed by atoms with Gasteiger partial charge in [-0.05, 0) is 6.07 Å². The van der Waals surface area contributed by atoms with E-state index in [1.807, 2.05) is 16.9 Å². The lowest BCUT2D eigenvalue weighted by Crippen LogP contribution is -2.29. The van der Waals surface area contributed by atoms with Gasteiger partial charge in [0.2, 0.25) is 5.91 Å². The highest BCUT2D eigenvalue weighted by molar-refractivity contribution is 5.77. The second-order valence-electron chi connectivity index (χ2n) is 3.72. The Kier molecular flexibility index (Phi) is 4.02. The highest BCUT2D eigenvalue weighted by atomic mass is 16.1. The summed E-state index contributed by atoms with van der Waals surface area (Å²) in [5.74, 6) is -0.207. The molecule has 0 unspecified atom stereocenters. The molecule has 8 nitrogen and oxygen atoms in total. The first-order valence-electron chi connectivity index (χ1n) is 5.61. The van der Waals surface area contributed by atoms with Crippen LogP contribution in [0, 0.1) is 0 Å². The molecule has 0 atom stereocenters. The van der Waals surface area contributed by atoms with Crippen molar-refractivity contribution in [2.24, 2.45) is 5.73 Å². The Morgan fingerprint density at radius 3 is 2.94 bits per heavy atom. The minimum absolute atomic E-state index is 0.0204. The molecular formula is C10H15N7O. The van der Waals surface area contributed by atoms with E-state index in [0.717, 1.165) is 6.54 Å². The van der Waals surface area contributed by atoms with Crippen molar-refractivity contribution < 1.29 is 4.79 Å². The van der Waals surface area contributed by atoms with Crippen LogP contribution in [0.3, 0.4) is 0 Å². The van der Waals surface area contributed by atoms with Crippen LogP contribution in [0.4, 0.5) is 0 Å². The van der Waals surface area contributed by atoms with Crippen LogP contribution < -0.4 is 11.1 Å².